The standard InChI is InChI=1S/C17H27N3O4S/c21-15-11-17(4-1-2-5-17)16(22)20(15)13-18-6-8-19(9-7-18)14-3-10-25(23,24)12-14/h14H,1-13H2/t14-/m1/s1. The lowest BCUT2D eigenvalue weighted by Gasteiger charge is -2.38. The van der Waals surface area contributed by atoms with Crippen LogP contribution in [-0.2, 0) is 19.4 Å². The first kappa shape index (κ1) is 17.4. The van der Waals surface area contributed by atoms with E-state index in [4.69, 9.17) is 0 Å². The molecule has 1 aliphatic carbocycles. The average molecular weight is 369 g/mol. The molecule has 1 saturated carbocycles. The summed E-state index contributed by atoms with van der Waals surface area (Å²) in [5.74, 6) is 0.602. The predicted molar refractivity (Wildman–Crippen MR) is 92.4 cm³/mol. The van der Waals surface area contributed by atoms with Gasteiger partial charge in [-0.3, -0.25) is 24.3 Å². The van der Waals surface area contributed by atoms with Crippen LogP contribution in [0.1, 0.15) is 38.5 Å². The molecule has 4 fully saturated rings. The Morgan fingerprint density at radius 1 is 1.04 bits per heavy atom. The molecule has 3 saturated heterocycles. The minimum absolute atomic E-state index is 0.0174. The highest BCUT2D eigenvalue weighted by molar-refractivity contribution is 7.91. The molecule has 0 unspecified atom stereocenters. The number of imide groups is 1. The van der Waals surface area contributed by atoms with E-state index in [0.29, 0.717) is 18.8 Å². The third-order valence-corrected chi connectivity index (χ3v) is 8.27. The number of hydrogen-bond acceptors (Lipinski definition) is 6. The van der Waals surface area contributed by atoms with Crippen molar-refractivity contribution < 1.29 is 18.0 Å². The molecule has 1 atom stereocenters. The third-order valence-electron chi connectivity index (χ3n) is 6.52. The second kappa shape index (κ2) is 6.32. The molecule has 3 aliphatic heterocycles. The van der Waals surface area contributed by atoms with Gasteiger partial charge in [0.2, 0.25) is 11.8 Å². The molecule has 140 valence electrons. The minimum Gasteiger partial charge on any atom is -0.297 e. The van der Waals surface area contributed by atoms with Crippen molar-refractivity contribution in [1.82, 2.24) is 14.7 Å². The Morgan fingerprint density at radius 2 is 1.72 bits per heavy atom. The summed E-state index contributed by atoms with van der Waals surface area (Å²) in [6, 6.07) is 0.143. The van der Waals surface area contributed by atoms with Gasteiger partial charge in [-0.2, -0.15) is 0 Å². The van der Waals surface area contributed by atoms with Crippen LogP contribution in [-0.4, -0.2) is 85.3 Å². The van der Waals surface area contributed by atoms with Crippen molar-refractivity contribution in [1.29, 1.82) is 0 Å². The Bertz CT molecular complexity index is 663. The lowest BCUT2D eigenvalue weighted by Crippen LogP contribution is -2.54. The highest BCUT2D eigenvalue weighted by Gasteiger charge is 2.52. The molecule has 4 aliphatic rings. The summed E-state index contributed by atoms with van der Waals surface area (Å²) in [6.45, 7) is 3.57. The van der Waals surface area contributed by atoms with Gasteiger partial charge in [-0.25, -0.2) is 8.42 Å². The van der Waals surface area contributed by atoms with E-state index in [1.807, 2.05) is 0 Å². The highest BCUT2D eigenvalue weighted by Crippen LogP contribution is 2.46. The van der Waals surface area contributed by atoms with E-state index in [-0.39, 0.29) is 23.6 Å². The van der Waals surface area contributed by atoms with Gasteiger partial charge in [0.15, 0.2) is 9.84 Å². The topological polar surface area (TPSA) is 78.0 Å². The molecule has 3 heterocycles. The van der Waals surface area contributed by atoms with Gasteiger partial charge >= 0.3 is 0 Å². The number of amides is 2. The maximum Gasteiger partial charge on any atom is 0.237 e. The smallest absolute Gasteiger partial charge is 0.237 e. The minimum atomic E-state index is -2.86. The molecule has 2 amide bonds. The Morgan fingerprint density at radius 3 is 2.32 bits per heavy atom. The molecule has 0 N–H and O–H groups in total. The number of likely N-dealkylation sites (tertiary alicyclic amines) is 1. The second-order valence-electron chi connectivity index (χ2n) is 8.14. The summed E-state index contributed by atoms with van der Waals surface area (Å²) in [4.78, 5) is 31.0. The third kappa shape index (κ3) is 3.24. The van der Waals surface area contributed by atoms with E-state index < -0.39 is 15.3 Å². The highest BCUT2D eigenvalue weighted by atomic mass is 32.2. The zero-order chi connectivity index (χ0) is 17.7. The van der Waals surface area contributed by atoms with E-state index in [2.05, 4.69) is 9.80 Å². The molecule has 7 nitrogen and oxygen atoms in total. The van der Waals surface area contributed by atoms with Gasteiger partial charge in [-0.05, 0) is 19.3 Å². The van der Waals surface area contributed by atoms with Crippen molar-refractivity contribution in [2.24, 2.45) is 5.41 Å². The Balaban J connectivity index is 1.32. The Kier molecular flexibility index (Phi) is 4.40. The van der Waals surface area contributed by atoms with Gasteiger partial charge in [-0.1, -0.05) is 12.8 Å². The summed E-state index contributed by atoms with van der Waals surface area (Å²) in [6.07, 6.45) is 4.95. The molecule has 25 heavy (non-hydrogen) atoms. The van der Waals surface area contributed by atoms with Gasteiger partial charge in [0.05, 0.1) is 23.6 Å². The van der Waals surface area contributed by atoms with Crippen LogP contribution in [0.15, 0.2) is 0 Å². The lowest BCUT2D eigenvalue weighted by atomic mass is 9.85. The fourth-order valence-electron chi connectivity index (χ4n) is 4.98. The van der Waals surface area contributed by atoms with Crippen molar-refractivity contribution >= 4 is 21.7 Å². The summed E-state index contributed by atoms with van der Waals surface area (Å²) in [5, 5.41) is 0. The van der Waals surface area contributed by atoms with Crippen molar-refractivity contribution in [3.8, 4) is 0 Å². The van der Waals surface area contributed by atoms with Gasteiger partial charge in [-0.15, -0.1) is 0 Å². The maximum absolute atomic E-state index is 12.8. The van der Waals surface area contributed by atoms with Crippen LogP contribution in [0.2, 0.25) is 0 Å². The maximum atomic E-state index is 12.8. The number of piperazine rings is 1. The van der Waals surface area contributed by atoms with Crippen LogP contribution in [0.25, 0.3) is 0 Å². The molecule has 0 aromatic carbocycles. The van der Waals surface area contributed by atoms with E-state index in [9.17, 15) is 18.0 Å². The first-order chi connectivity index (χ1) is 11.9. The molecule has 1 spiro atoms. The first-order valence-corrected chi connectivity index (χ1v) is 11.2. The SMILES string of the molecule is O=C1CC2(CCCC2)C(=O)N1CN1CCN([C@@H]2CCS(=O)(=O)C2)CC1. The molecule has 0 aromatic heterocycles. The first-order valence-electron chi connectivity index (χ1n) is 9.40. The van der Waals surface area contributed by atoms with Crippen LogP contribution < -0.4 is 0 Å². The molecule has 4 rings (SSSR count). The van der Waals surface area contributed by atoms with Gasteiger partial charge in [0.1, 0.15) is 0 Å². The van der Waals surface area contributed by atoms with E-state index in [0.717, 1.165) is 58.3 Å². The average Bonchev–Trinajstić information content (AvgIpc) is 3.24. The van der Waals surface area contributed by atoms with Crippen molar-refractivity contribution in [2.75, 3.05) is 44.4 Å². The Hall–Kier alpha value is -0.990. The largest absolute Gasteiger partial charge is 0.297 e. The van der Waals surface area contributed by atoms with Gasteiger partial charge in [0, 0.05) is 38.6 Å². The number of hydrogen-bond donors (Lipinski definition) is 0. The monoisotopic (exact) mass is 369 g/mol. The normalized spacial score (nSPS) is 33.0. The molecular weight excluding hydrogens is 342 g/mol. The fourth-order valence-corrected chi connectivity index (χ4v) is 6.74. The Labute approximate surface area is 149 Å². The van der Waals surface area contributed by atoms with E-state index in [1.54, 1.807) is 0 Å². The second-order valence-corrected chi connectivity index (χ2v) is 10.4. The number of carbonyl (C=O) groups excluding carboxylic acids is 2. The quantitative estimate of drug-likeness (QED) is 0.655. The summed E-state index contributed by atoms with van der Waals surface area (Å²) in [7, 11) is -2.86. The molecule has 0 bridgehead atoms. The molecular formula is C17H27N3O4S. The molecule has 8 heteroatoms. The predicted octanol–water partition coefficient (Wildman–Crippen LogP) is 0.0679. The van der Waals surface area contributed by atoms with Gasteiger partial charge < -0.3 is 0 Å². The zero-order valence-corrected chi connectivity index (χ0v) is 15.5. The number of nitrogens with zero attached hydrogens (tertiary/aromatic N) is 3. The summed E-state index contributed by atoms with van der Waals surface area (Å²) >= 11 is 0. The van der Waals surface area contributed by atoms with Crippen LogP contribution in [0.4, 0.5) is 0 Å². The van der Waals surface area contributed by atoms with E-state index >= 15 is 0 Å². The number of carbonyl (C=O) groups is 2. The van der Waals surface area contributed by atoms with Crippen LogP contribution in [0.3, 0.4) is 0 Å². The van der Waals surface area contributed by atoms with E-state index in [1.165, 1.54) is 4.90 Å². The van der Waals surface area contributed by atoms with Gasteiger partial charge in [0.25, 0.3) is 0 Å². The molecule has 0 aromatic rings. The van der Waals surface area contributed by atoms with Crippen molar-refractivity contribution in [3.05, 3.63) is 0 Å². The van der Waals surface area contributed by atoms with Crippen LogP contribution in [0.5, 0.6) is 0 Å². The number of rotatable bonds is 3. The zero-order valence-electron chi connectivity index (χ0n) is 14.7. The molecule has 0 radical (unpaired) electrons. The lowest BCUT2D eigenvalue weighted by molar-refractivity contribution is -0.144. The van der Waals surface area contributed by atoms with Crippen molar-refractivity contribution in [3.63, 3.8) is 0 Å². The van der Waals surface area contributed by atoms with Crippen molar-refractivity contribution in [2.45, 2.75) is 44.6 Å². The summed E-state index contributed by atoms with van der Waals surface area (Å²) in [5.41, 5.74) is -0.392. The fraction of sp³-hybridized carbons (Fsp3) is 0.882. The van der Waals surface area contributed by atoms with Crippen LogP contribution >= 0.6 is 0 Å². The summed E-state index contributed by atoms with van der Waals surface area (Å²) < 4.78 is 23.3. The number of sulfone groups is 1. The van der Waals surface area contributed by atoms with Crippen LogP contribution in [0, 0.1) is 5.41 Å².